The lowest BCUT2D eigenvalue weighted by molar-refractivity contribution is -0.123. The minimum atomic E-state index is -0.319. The first-order valence-corrected chi connectivity index (χ1v) is 11.1. The lowest BCUT2D eigenvalue weighted by atomic mass is 10.1. The monoisotopic (exact) mass is 448 g/mol. The van der Waals surface area contributed by atoms with E-state index in [1.807, 2.05) is 74.5 Å². The molecule has 0 saturated carbocycles. The van der Waals surface area contributed by atoms with Crippen LogP contribution in [0.3, 0.4) is 0 Å². The number of aromatic nitrogens is 2. The third-order valence-electron chi connectivity index (χ3n) is 5.82. The number of benzene rings is 3. The van der Waals surface area contributed by atoms with Gasteiger partial charge in [-0.15, -0.1) is 0 Å². The van der Waals surface area contributed by atoms with Gasteiger partial charge in [0.1, 0.15) is 5.75 Å². The second kappa shape index (κ2) is 9.19. The molecule has 2 heterocycles. The summed E-state index contributed by atoms with van der Waals surface area (Å²) in [5.41, 5.74) is 7.62. The Balaban J connectivity index is 1.27. The Hall–Kier alpha value is -4.45. The van der Waals surface area contributed by atoms with Crippen LogP contribution in [0.4, 0.5) is 0 Å². The van der Waals surface area contributed by atoms with Crippen molar-refractivity contribution in [3.63, 3.8) is 0 Å². The van der Waals surface area contributed by atoms with E-state index in [0.717, 1.165) is 44.3 Å². The standard InChI is InChI=1S/C28H24N4O2/c1-19-15-23(20(2)32(19)24-12-13-26-22(16-24)9-6-14-29-26)17-30-31-28(33)18-34-27-11-5-8-21-7-3-4-10-25(21)27/h3-17H,18H2,1-2H3,(H,31,33)/b30-17+. The number of pyridine rings is 1. The number of fused-ring (bicyclic) bond motifs is 2. The number of carbonyl (C=O) groups is 1. The molecule has 0 unspecified atom stereocenters. The molecule has 1 amide bonds. The van der Waals surface area contributed by atoms with Crippen molar-refractivity contribution in [2.75, 3.05) is 6.61 Å². The largest absolute Gasteiger partial charge is 0.483 e. The van der Waals surface area contributed by atoms with Crippen LogP contribution in [0, 0.1) is 13.8 Å². The molecule has 6 nitrogen and oxygen atoms in total. The summed E-state index contributed by atoms with van der Waals surface area (Å²) in [5.74, 6) is 0.353. The molecule has 34 heavy (non-hydrogen) atoms. The zero-order valence-electron chi connectivity index (χ0n) is 19.0. The van der Waals surface area contributed by atoms with Crippen molar-refractivity contribution in [1.82, 2.24) is 15.0 Å². The molecule has 0 aliphatic carbocycles. The maximum atomic E-state index is 12.3. The van der Waals surface area contributed by atoms with E-state index in [0.29, 0.717) is 5.75 Å². The van der Waals surface area contributed by atoms with E-state index in [1.54, 1.807) is 12.4 Å². The summed E-state index contributed by atoms with van der Waals surface area (Å²) in [6, 6.07) is 25.9. The van der Waals surface area contributed by atoms with Gasteiger partial charge in [0.2, 0.25) is 0 Å². The summed E-state index contributed by atoms with van der Waals surface area (Å²) in [6.07, 6.45) is 3.46. The molecule has 5 aromatic rings. The molecule has 0 bridgehead atoms. The van der Waals surface area contributed by atoms with E-state index in [4.69, 9.17) is 4.74 Å². The van der Waals surface area contributed by atoms with Crippen LogP contribution < -0.4 is 10.2 Å². The fourth-order valence-corrected chi connectivity index (χ4v) is 4.19. The first kappa shape index (κ1) is 21.4. The number of hydrogen-bond acceptors (Lipinski definition) is 4. The zero-order chi connectivity index (χ0) is 23.5. The van der Waals surface area contributed by atoms with Crippen LogP contribution >= 0.6 is 0 Å². The Morgan fingerprint density at radius 1 is 1.00 bits per heavy atom. The molecule has 6 heteroatoms. The number of carbonyl (C=O) groups excluding carboxylic acids is 1. The third kappa shape index (κ3) is 4.26. The van der Waals surface area contributed by atoms with Crippen molar-refractivity contribution >= 4 is 33.8 Å². The summed E-state index contributed by atoms with van der Waals surface area (Å²) in [4.78, 5) is 16.7. The van der Waals surface area contributed by atoms with Gasteiger partial charge in [-0.05, 0) is 55.6 Å². The highest BCUT2D eigenvalue weighted by molar-refractivity contribution is 5.89. The minimum absolute atomic E-state index is 0.116. The van der Waals surface area contributed by atoms with Crippen molar-refractivity contribution in [3.8, 4) is 11.4 Å². The second-order valence-corrected chi connectivity index (χ2v) is 8.10. The molecule has 0 saturated heterocycles. The van der Waals surface area contributed by atoms with Crippen molar-refractivity contribution < 1.29 is 9.53 Å². The molecule has 0 spiro atoms. The summed E-state index contributed by atoms with van der Waals surface area (Å²) in [6.45, 7) is 3.97. The van der Waals surface area contributed by atoms with Gasteiger partial charge >= 0.3 is 0 Å². The minimum Gasteiger partial charge on any atom is -0.483 e. The van der Waals surface area contributed by atoms with Gasteiger partial charge in [0.15, 0.2) is 6.61 Å². The van der Waals surface area contributed by atoms with Crippen LogP contribution in [-0.4, -0.2) is 28.3 Å². The van der Waals surface area contributed by atoms with Gasteiger partial charge in [-0.3, -0.25) is 9.78 Å². The topological polar surface area (TPSA) is 68.5 Å². The van der Waals surface area contributed by atoms with E-state index < -0.39 is 0 Å². The smallest absolute Gasteiger partial charge is 0.277 e. The molecule has 5 rings (SSSR count). The Labute approximate surface area is 197 Å². The molecule has 168 valence electrons. The Kier molecular flexibility index (Phi) is 5.79. The highest BCUT2D eigenvalue weighted by atomic mass is 16.5. The van der Waals surface area contributed by atoms with Gasteiger partial charge in [-0.2, -0.15) is 5.10 Å². The molecule has 2 aromatic heterocycles. The van der Waals surface area contributed by atoms with Crippen LogP contribution in [0.2, 0.25) is 0 Å². The number of rotatable bonds is 6. The Morgan fingerprint density at radius 2 is 1.82 bits per heavy atom. The number of hydrogen-bond donors (Lipinski definition) is 1. The maximum absolute atomic E-state index is 12.3. The third-order valence-corrected chi connectivity index (χ3v) is 5.82. The summed E-state index contributed by atoms with van der Waals surface area (Å²) >= 11 is 0. The normalized spacial score (nSPS) is 11.4. The number of nitrogens with zero attached hydrogens (tertiary/aromatic N) is 3. The Bertz CT molecular complexity index is 1530. The van der Waals surface area contributed by atoms with Crippen LogP contribution in [0.15, 0.2) is 90.2 Å². The molecular weight excluding hydrogens is 424 g/mol. The molecule has 0 radical (unpaired) electrons. The number of ether oxygens (including phenoxy) is 1. The first-order chi connectivity index (χ1) is 16.6. The number of aryl methyl sites for hydroxylation is 1. The van der Waals surface area contributed by atoms with Crippen LogP contribution in [0.25, 0.3) is 27.4 Å². The molecule has 0 aliphatic rings. The fourth-order valence-electron chi connectivity index (χ4n) is 4.19. The van der Waals surface area contributed by atoms with Gasteiger partial charge in [0.25, 0.3) is 5.91 Å². The van der Waals surface area contributed by atoms with Crippen LogP contribution in [-0.2, 0) is 4.79 Å². The van der Waals surface area contributed by atoms with Gasteiger partial charge in [0, 0.05) is 39.6 Å². The summed E-state index contributed by atoms with van der Waals surface area (Å²) in [7, 11) is 0. The molecular formula is C28H24N4O2. The number of amides is 1. The molecule has 0 fully saturated rings. The van der Waals surface area contributed by atoms with Gasteiger partial charge in [0.05, 0.1) is 11.7 Å². The van der Waals surface area contributed by atoms with Crippen molar-refractivity contribution in [2.45, 2.75) is 13.8 Å². The molecule has 0 aliphatic heterocycles. The van der Waals surface area contributed by atoms with E-state index in [-0.39, 0.29) is 12.5 Å². The number of hydrazone groups is 1. The van der Waals surface area contributed by atoms with Crippen LogP contribution in [0.5, 0.6) is 5.75 Å². The lowest BCUT2D eigenvalue weighted by Crippen LogP contribution is -2.24. The van der Waals surface area contributed by atoms with Crippen molar-refractivity contribution in [2.24, 2.45) is 5.10 Å². The number of nitrogens with one attached hydrogen (secondary N) is 1. The summed E-state index contributed by atoms with van der Waals surface area (Å²) < 4.78 is 7.89. The van der Waals surface area contributed by atoms with Gasteiger partial charge in [-0.25, -0.2) is 5.43 Å². The highest BCUT2D eigenvalue weighted by Crippen LogP contribution is 2.25. The van der Waals surface area contributed by atoms with E-state index in [1.165, 1.54) is 0 Å². The fraction of sp³-hybridized carbons (Fsp3) is 0.107. The Morgan fingerprint density at radius 3 is 2.74 bits per heavy atom. The highest BCUT2D eigenvalue weighted by Gasteiger charge is 2.11. The molecule has 0 atom stereocenters. The second-order valence-electron chi connectivity index (χ2n) is 8.10. The molecule has 3 aromatic carbocycles. The average molecular weight is 449 g/mol. The maximum Gasteiger partial charge on any atom is 0.277 e. The zero-order valence-corrected chi connectivity index (χ0v) is 19.0. The van der Waals surface area contributed by atoms with E-state index in [9.17, 15) is 4.79 Å². The average Bonchev–Trinajstić information content (AvgIpc) is 3.15. The quantitative estimate of drug-likeness (QED) is 0.282. The van der Waals surface area contributed by atoms with Gasteiger partial charge in [-0.1, -0.05) is 42.5 Å². The van der Waals surface area contributed by atoms with Crippen LogP contribution in [0.1, 0.15) is 17.0 Å². The van der Waals surface area contributed by atoms with Gasteiger partial charge < -0.3 is 9.30 Å². The predicted octanol–water partition coefficient (Wildman–Crippen LogP) is 5.32. The summed E-state index contributed by atoms with van der Waals surface area (Å²) in [5, 5.41) is 7.27. The first-order valence-electron chi connectivity index (χ1n) is 11.1. The predicted molar refractivity (Wildman–Crippen MR) is 136 cm³/mol. The van der Waals surface area contributed by atoms with E-state index >= 15 is 0 Å². The van der Waals surface area contributed by atoms with Crippen molar-refractivity contribution in [1.29, 1.82) is 0 Å². The van der Waals surface area contributed by atoms with Crippen molar-refractivity contribution in [3.05, 3.63) is 102 Å². The molecule has 1 N–H and O–H groups in total. The SMILES string of the molecule is Cc1cc(/C=N/NC(=O)COc2cccc3ccccc23)c(C)n1-c1ccc2ncccc2c1. The van der Waals surface area contributed by atoms with E-state index in [2.05, 4.69) is 38.3 Å². The lowest BCUT2D eigenvalue weighted by Gasteiger charge is -2.10.